The van der Waals surface area contributed by atoms with Gasteiger partial charge in [-0.25, -0.2) is 4.79 Å². The van der Waals surface area contributed by atoms with Gasteiger partial charge in [0.05, 0.1) is 36.3 Å². The van der Waals surface area contributed by atoms with Gasteiger partial charge in [-0.05, 0) is 117 Å². The van der Waals surface area contributed by atoms with Crippen LogP contribution in [0, 0.1) is 20.8 Å². The molecule has 2 atom stereocenters. The van der Waals surface area contributed by atoms with Gasteiger partial charge in [0, 0.05) is 29.1 Å². The minimum Gasteiger partial charge on any atom is -0.479 e. The molecule has 248 valence electrons. The van der Waals surface area contributed by atoms with E-state index in [1.165, 1.54) is 5.56 Å². The van der Waals surface area contributed by atoms with Crippen molar-refractivity contribution in [2.24, 2.45) is 0 Å². The SMILES string of the molecule is C/C=S(/C)N1Cc2ccc(-c3cnn(Cc4ccccn4)c3)cc2-c2c(C)c(-c3ccc(C)cc3)c([C@H](OC(C)(C)C)C(=O)O)c(C)c21. The Labute approximate surface area is 286 Å². The zero-order chi connectivity index (χ0) is 34.3. The van der Waals surface area contributed by atoms with Crippen molar-refractivity contribution in [1.29, 1.82) is 0 Å². The average molecular weight is 661 g/mol. The van der Waals surface area contributed by atoms with Crippen LogP contribution in [-0.4, -0.2) is 43.1 Å². The molecule has 6 rings (SSSR count). The second kappa shape index (κ2) is 13.2. The van der Waals surface area contributed by atoms with E-state index in [1.807, 2.05) is 49.8 Å². The number of nitrogens with zero attached hydrogens (tertiary/aromatic N) is 4. The van der Waals surface area contributed by atoms with E-state index in [-0.39, 0.29) is 10.7 Å². The third-order valence-corrected chi connectivity index (χ3v) is 10.7. The number of hydrogen-bond donors (Lipinski definition) is 1. The Balaban J connectivity index is 1.60. The summed E-state index contributed by atoms with van der Waals surface area (Å²) in [5.41, 5.74) is 12.7. The van der Waals surface area contributed by atoms with Crippen molar-refractivity contribution in [2.75, 3.05) is 10.6 Å². The van der Waals surface area contributed by atoms with Crippen LogP contribution in [0.25, 0.3) is 33.4 Å². The van der Waals surface area contributed by atoms with E-state index < -0.39 is 17.7 Å². The van der Waals surface area contributed by atoms with Crippen molar-refractivity contribution in [3.05, 3.63) is 113 Å². The number of fused-ring (bicyclic) bond motifs is 3. The molecule has 1 aliphatic rings. The lowest BCUT2D eigenvalue weighted by atomic mass is 9.79. The maximum Gasteiger partial charge on any atom is 0.337 e. The summed E-state index contributed by atoms with van der Waals surface area (Å²) in [7, 11) is -0.213. The highest BCUT2D eigenvalue weighted by atomic mass is 32.2. The van der Waals surface area contributed by atoms with Gasteiger partial charge in [0.25, 0.3) is 0 Å². The van der Waals surface area contributed by atoms with Gasteiger partial charge in [0.2, 0.25) is 0 Å². The number of aliphatic carboxylic acids is 1. The Morgan fingerprint density at radius 1 is 1.00 bits per heavy atom. The largest absolute Gasteiger partial charge is 0.479 e. The summed E-state index contributed by atoms with van der Waals surface area (Å²) in [6.45, 7) is 15.4. The first-order valence-electron chi connectivity index (χ1n) is 16.3. The Bertz CT molecular complexity index is 2020. The lowest BCUT2D eigenvalue weighted by Gasteiger charge is -2.39. The molecule has 0 aliphatic carbocycles. The van der Waals surface area contributed by atoms with E-state index in [1.54, 1.807) is 6.20 Å². The molecule has 3 heterocycles. The number of benzene rings is 3. The maximum atomic E-state index is 13.1. The van der Waals surface area contributed by atoms with E-state index in [0.717, 1.165) is 61.5 Å². The molecule has 8 heteroatoms. The first-order valence-corrected chi connectivity index (χ1v) is 17.9. The molecule has 0 radical (unpaired) electrons. The van der Waals surface area contributed by atoms with Crippen LogP contribution in [0.4, 0.5) is 5.69 Å². The van der Waals surface area contributed by atoms with Crippen molar-refractivity contribution in [1.82, 2.24) is 14.8 Å². The molecule has 2 aromatic heterocycles. The van der Waals surface area contributed by atoms with Crippen LogP contribution >= 0.6 is 10.7 Å². The number of pyridine rings is 1. The normalized spacial score (nSPS) is 14.0. The number of aryl methyl sites for hydroxylation is 1. The molecule has 0 saturated carbocycles. The summed E-state index contributed by atoms with van der Waals surface area (Å²) in [6, 6.07) is 21.0. The molecule has 3 aromatic carbocycles. The predicted octanol–water partition coefficient (Wildman–Crippen LogP) is 9.15. The van der Waals surface area contributed by atoms with Crippen molar-refractivity contribution >= 4 is 27.7 Å². The molecular weight excluding hydrogens is 617 g/mol. The minimum absolute atomic E-state index is 0.213. The number of ether oxygens (including phenoxy) is 1. The van der Waals surface area contributed by atoms with Gasteiger partial charge in [0.1, 0.15) is 0 Å². The second-order valence-electron chi connectivity index (χ2n) is 13.5. The topological polar surface area (TPSA) is 80.5 Å². The molecule has 0 bridgehead atoms. The van der Waals surface area contributed by atoms with Crippen LogP contribution in [0.5, 0.6) is 0 Å². The Kier molecular flexibility index (Phi) is 9.16. The number of carboxylic acids is 1. The fraction of sp³-hybridized carbons (Fsp3) is 0.300. The fourth-order valence-corrected chi connectivity index (χ4v) is 7.76. The first-order chi connectivity index (χ1) is 22.9. The highest BCUT2D eigenvalue weighted by Crippen LogP contribution is 2.53. The number of anilines is 1. The molecule has 0 saturated heterocycles. The van der Waals surface area contributed by atoms with E-state index >= 15 is 0 Å². The quantitative estimate of drug-likeness (QED) is 0.167. The molecule has 0 amide bonds. The number of carbonyl (C=O) groups is 1. The van der Waals surface area contributed by atoms with Crippen LogP contribution in [0.1, 0.15) is 67.3 Å². The molecule has 1 unspecified atom stereocenters. The Morgan fingerprint density at radius 2 is 1.73 bits per heavy atom. The van der Waals surface area contributed by atoms with Gasteiger partial charge in [-0.3, -0.25) is 9.67 Å². The first kappa shape index (κ1) is 33.4. The Hall–Kier alpha value is -4.53. The molecule has 7 nitrogen and oxygen atoms in total. The van der Waals surface area contributed by atoms with Crippen molar-refractivity contribution < 1.29 is 14.6 Å². The van der Waals surface area contributed by atoms with Gasteiger partial charge in [-0.2, -0.15) is 5.10 Å². The molecule has 1 aliphatic heterocycles. The van der Waals surface area contributed by atoms with Crippen LogP contribution < -0.4 is 4.31 Å². The molecule has 0 fully saturated rings. The lowest BCUT2D eigenvalue weighted by molar-refractivity contribution is -0.160. The standard InChI is InChI=1S/C40H44N4O3S/c1-9-48(8)44-23-30-18-17-29(31-21-42-43(22-31)24-32-12-10-11-19-41-32)20-33(30)35-26(3)34(28-15-13-25(2)14-16-28)36(27(4)37(35)44)38(39(45)46)47-40(5,6)7/h9-22,38H,23-24H2,1-8H3,(H,45,46)/t38-,48?/m0/s1. The third kappa shape index (κ3) is 6.47. The van der Waals surface area contributed by atoms with Gasteiger partial charge in [-0.15, -0.1) is 10.7 Å². The second-order valence-corrected chi connectivity index (χ2v) is 15.5. The number of aromatic nitrogens is 3. The number of hydrogen-bond acceptors (Lipinski definition) is 5. The van der Waals surface area contributed by atoms with Crippen molar-refractivity contribution in [3.63, 3.8) is 0 Å². The predicted molar refractivity (Wildman–Crippen MR) is 199 cm³/mol. The summed E-state index contributed by atoms with van der Waals surface area (Å²) in [6.07, 6.45) is 6.87. The van der Waals surface area contributed by atoms with Crippen molar-refractivity contribution in [3.8, 4) is 33.4 Å². The average Bonchev–Trinajstić information content (AvgIpc) is 3.52. The van der Waals surface area contributed by atoms with Crippen molar-refractivity contribution in [2.45, 2.75) is 73.3 Å². The van der Waals surface area contributed by atoms with E-state index in [2.05, 4.69) is 102 Å². The third-order valence-electron chi connectivity index (χ3n) is 8.96. The maximum absolute atomic E-state index is 13.1. The van der Waals surface area contributed by atoms with E-state index in [9.17, 15) is 9.90 Å². The van der Waals surface area contributed by atoms with Crippen LogP contribution in [0.15, 0.2) is 79.3 Å². The van der Waals surface area contributed by atoms with Gasteiger partial charge < -0.3 is 14.1 Å². The lowest BCUT2D eigenvalue weighted by Crippen LogP contribution is -2.30. The Morgan fingerprint density at radius 3 is 2.38 bits per heavy atom. The summed E-state index contributed by atoms with van der Waals surface area (Å²) < 4.78 is 10.7. The molecule has 1 N–H and O–H groups in total. The zero-order valence-electron chi connectivity index (χ0n) is 29.0. The van der Waals surface area contributed by atoms with Gasteiger partial charge in [-0.1, -0.05) is 48.0 Å². The van der Waals surface area contributed by atoms with Crippen LogP contribution in [0.3, 0.4) is 0 Å². The fourth-order valence-electron chi connectivity index (χ4n) is 6.65. The number of carboxylic acid groups (broad SMARTS) is 1. The number of rotatable bonds is 8. The summed E-state index contributed by atoms with van der Waals surface area (Å²) >= 11 is 0. The molecule has 5 aromatic rings. The van der Waals surface area contributed by atoms with Gasteiger partial charge >= 0.3 is 5.97 Å². The highest BCUT2D eigenvalue weighted by molar-refractivity contribution is 8.15. The van der Waals surface area contributed by atoms with Crippen LogP contribution in [0.2, 0.25) is 0 Å². The monoisotopic (exact) mass is 660 g/mol. The molecule has 48 heavy (non-hydrogen) atoms. The minimum atomic E-state index is -1.14. The van der Waals surface area contributed by atoms with Crippen LogP contribution in [-0.2, 0) is 22.6 Å². The smallest absolute Gasteiger partial charge is 0.337 e. The highest BCUT2D eigenvalue weighted by Gasteiger charge is 2.37. The van der Waals surface area contributed by atoms with E-state index in [4.69, 9.17) is 4.74 Å². The zero-order valence-corrected chi connectivity index (χ0v) is 29.9. The molecular formula is C40H44N4O3S. The summed E-state index contributed by atoms with van der Waals surface area (Å²) in [5.74, 6) is -0.994. The van der Waals surface area contributed by atoms with Gasteiger partial charge in [0.15, 0.2) is 6.10 Å². The van der Waals surface area contributed by atoms with E-state index in [0.29, 0.717) is 18.7 Å². The molecule has 0 spiro atoms. The summed E-state index contributed by atoms with van der Waals surface area (Å²) in [5, 5.41) is 17.6. The summed E-state index contributed by atoms with van der Waals surface area (Å²) in [4.78, 5) is 17.5.